The van der Waals surface area contributed by atoms with Gasteiger partial charge in [-0.15, -0.1) is 0 Å². The topological polar surface area (TPSA) is 84.3 Å². The number of aryl methyl sites for hydroxylation is 2. The average Bonchev–Trinajstić information content (AvgIpc) is 3.67. The molecule has 0 bridgehead atoms. The molecule has 1 amide bonds. The van der Waals surface area contributed by atoms with Gasteiger partial charge in [0.1, 0.15) is 11.6 Å². The normalized spacial score (nSPS) is 20.8. The van der Waals surface area contributed by atoms with Gasteiger partial charge >= 0.3 is 0 Å². The Hall–Kier alpha value is -3.82. The predicted molar refractivity (Wildman–Crippen MR) is 165 cm³/mol. The highest BCUT2D eigenvalue weighted by atomic mass is 32.2. The number of amides is 1. The first-order valence-corrected chi connectivity index (χ1v) is 16.2. The van der Waals surface area contributed by atoms with Gasteiger partial charge in [-0.2, -0.15) is 0 Å². The van der Waals surface area contributed by atoms with Crippen LogP contribution in [0.1, 0.15) is 73.1 Å². The zero-order valence-corrected chi connectivity index (χ0v) is 25.7. The van der Waals surface area contributed by atoms with E-state index in [0.29, 0.717) is 18.5 Å². The van der Waals surface area contributed by atoms with E-state index in [4.69, 9.17) is 0 Å². The van der Waals surface area contributed by atoms with Crippen LogP contribution in [0.25, 0.3) is 0 Å². The SMILES string of the molecule is Cc1cccc(S(=O)(=O)N[C@@H]2CCC(C)(C)c3ccc(N(Cc4nccn4C)C(=O)[C@@H]4C[C@@H]4c4ccc(F)cc4)cc32)c1. The first kappa shape index (κ1) is 29.3. The maximum atomic E-state index is 14.1. The van der Waals surface area contributed by atoms with E-state index in [1.165, 1.54) is 12.1 Å². The number of sulfonamides is 1. The summed E-state index contributed by atoms with van der Waals surface area (Å²) < 4.78 is 45.4. The Kier molecular flexibility index (Phi) is 7.50. The molecule has 2 aliphatic rings. The number of anilines is 1. The van der Waals surface area contributed by atoms with Crippen molar-refractivity contribution in [3.05, 3.63) is 113 Å². The number of hydrogen-bond donors (Lipinski definition) is 1. The van der Waals surface area contributed by atoms with E-state index < -0.39 is 16.1 Å². The molecule has 0 aliphatic heterocycles. The third kappa shape index (κ3) is 5.88. The van der Waals surface area contributed by atoms with Gasteiger partial charge in [-0.3, -0.25) is 4.79 Å². The zero-order valence-electron chi connectivity index (χ0n) is 24.9. The van der Waals surface area contributed by atoms with Gasteiger partial charge in [0.2, 0.25) is 15.9 Å². The summed E-state index contributed by atoms with van der Waals surface area (Å²) in [4.78, 5) is 20.6. The molecule has 6 rings (SSSR count). The quantitative estimate of drug-likeness (QED) is 0.258. The number of imidazole rings is 1. The Morgan fingerprint density at radius 3 is 2.58 bits per heavy atom. The monoisotopic (exact) mass is 600 g/mol. The van der Waals surface area contributed by atoms with Gasteiger partial charge in [0.15, 0.2) is 0 Å². The molecule has 1 heterocycles. The molecule has 4 aromatic rings. The summed E-state index contributed by atoms with van der Waals surface area (Å²) in [6, 6.07) is 18.8. The van der Waals surface area contributed by atoms with E-state index in [9.17, 15) is 17.6 Å². The van der Waals surface area contributed by atoms with E-state index in [1.807, 2.05) is 49.0 Å². The number of halogens is 1. The van der Waals surface area contributed by atoms with Crippen molar-refractivity contribution in [1.82, 2.24) is 14.3 Å². The Morgan fingerprint density at radius 1 is 1.12 bits per heavy atom. The van der Waals surface area contributed by atoms with Crippen LogP contribution in [0.15, 0.2) is 84.0 Å². The largest absolute Gasteiger partial charge is 0.337 e. The van der Waals surface area contributed by atoms with Crippen LogP contribution in [0.2, 0.25) is 0 Å². The number of nitrogens with zero attached hydrogens (tertiary/aromatic N) is 3. The van der Waals surface area contributed by atoms with Crippen molar-refractivity contribution in [3.63, 3.8) is 0 Å². The zero-order chi connectivity index (χ0) is 30.5. The molecule has 0 spiro atoms. The molecule has 2 aliphatic carbocycles. The van der Waals surface area contributed by atoms with E-state index in [2.05, 4.69) is 23.6 Å². The van der Waals surface area contributed by atoms with Crippen LogP contribution in [0.3, 0.4) is 0 Å². The number of hydrogen-bond acceptors (Lipinski definition) is 4. The number of nitrogens with one attached hydrogen (secondary N) is 1. The lowest BCUT2D eigenvalue weighted by Crippen LogP contribution is -2.37. The molecule has 224 valence electrons. The molecular formula is C34H37FN4O3S. The van der Waals surface area contributed by atoms with Crippen molar-refractivity contribution in [2.45, 2.75) is 68.8 Å². The number of rotatable bonds is 8. The highest BCUT2D eigenvalue weighted by Gasteiger charge is 2.46. The molecule has 3 aromatic carbocycles. The van der Waals surface area contributed by atoms with E-state index in [1.54, 1.807) is 41.4 Å². The second-order valence-corrected chi connectivity index (χ2v) is 14.3. The fourth-order valence-corrected chi connectivity index (χ4v) is 7.67. The fraction of sp³-hybridized carbons (Fsp3) is 0.353. The smallest absolute Gasteiger partial charge is 0.241 e. The molecule has 3 atom stereocenters. The summed E-state index contributed by atoms with van der Waals surface area (Å²) in [5.74, 6) is 0.218. The minimum Gasteiger partial charge on any atom is -0.337 e. The molecule has 1 fully saturated rings. The summed E-state index contributed by atoms with van der Waals surface area (Å²) in [6.07, 6.45) is 5.71. The van der Waals surface area contributed by atoms with Crippen molar-refractivity contribution in [3.8, 4) is 0 Å². The lowest BCUT2D eigenvalue weighted by molar-refractivity contribution is -0.120. The predicted octanol–water partition coefficient (Wildman–Crippen LogP) is 6.30. The van der Waals surface area contributed by atoms with Gasteiger partial charge in [-0.05, 0) is 96.2 Å². The lowest BCUT2D eigenvalue weighted by Gasteiger charge is -2.38. The van der Waals surface area contributed by atoms with Gasteiger partial charge in [0.25, 0.3) is 0 Å². The van der Waals surface area contributed by atoms with Gasteiger partial charge in [-0.25, -0.2) is 22.5 Å². The Morgan fingerprint density at radius 2 is 1.88 bits per heavy atom. The third-order valence-corrected chi connectivity index (χ3v) is 10.5. The maximum absolute atomic E-state index is 14.1. The molecule has 1 saturated carbocycles. The summed E-state index contributed by atoms with van der Waals surface area (Å²) in [7, 11) is -1.88. The molecule has 7 nitrogen and oxygen atoms in total. The van der Waals surface area contributed by atoms with Gasteiger partial charge in [-0.1, -0.05) is 44.2 Å². The van der Waals surface area contributed by atoms with E-state index in [-0.39, 0.29) is 40.4 Å². The highest BCUT2D eigenvalue weighted by Crippen LogP contribution is 2.50. The van der Waals surface area contributed by atoms with Crippen LogP contribution >= 0.6 is 0 Å². The molecular weight excluding hydrogens is 563 g/mol. The number of carbonyl (C=O) groups excluding carboxylic acids is 1. The minimum atomic E-state index is -3.77. The minimum absolute atomic E-state index is 0.0239. The van der Waals surface area contributed by atoms with Crippen LogP contribution in [0.5, 0.6) is 0 Å². The Bertz CT molecular complexity index is 1780. The molecule has 0 unspecified atom stereocenters. The van der Waals surface area contributed by atoms with Crippen molar-refractivity contribution >= 4 is 21.6 Å². The van der Waals surface area contributed by atoms with Crippen molar-refractivity contribution in [1.29, 1.82) is 0 Å². The molecule has 1 N–H and O–H groups in total. The number of fused-ring (bicyclic) bond motifs is 1. The highest BCUT2D eigenvalue weighted by molar-refractivity contribution is 7.89. The van der Waals surface area contributed by atoms with E-state index >= 15 is 0 Å². The first-order valence-electron chi connectivity index (χ1n) is 14.7. The second-order valence-electron chi connectivity index (χ2n) is 12.6. The number of aromatic nitrogens is 2. The third-order valence-electron chi connectivity index (χ3n) is 9.00. The fourth-order valence-electron chi connectivity index (χ4n) is 6.31. The van der Waals surface area contributed by atoms with Crippen LogP contribution in [0, 0.1) is 18.7 Å². The Balaban J connectivity index is 1.36. The standard InChI is InChI=1S/C34H37FN4O3S/c1-22-6-5-7-26(18-22)43(41,42)37-31-14-15-34(2,3)30-13-12-25(19-29(30)31)39(21-32-36-16-17-38(32)4)33(40)28-20-27(28)23-8-10-24(35)11-9-23/h5-13,16-19,27-28,31,37H,14-15,20-21H2,1-4H3/t27-,28-,31-/m1/s1. The summed E-state index contributed by atoms with van der Waals surface area (Å²) in [5, 5.41) is 0. The summed E-state index contributed by atoms with van der Waals surface area (Å²) >= 11 is 0. The molecule has 0 radical (unpaired) electrons. The number of benzene rings is 3. The Labute approximate surface area is 252 Å². The van der Waals surface area contributed by atoms with Crippen LogP contribution in [-0.4, -0.2) is 23.9 Å². The van der Waals surface area contributed by atoms with Crippen LogP contribution < -0.4 is 9.62 Å². The van der Waals surface area contributed by atoms with Gasteiger partial charge in [0.05, 0.1) is 11.4 Å². The maximum Gasteiger partial charge on any atom is 0.241 e. The molecule has 0 saturated heterocycles. The molecule has 9 heteroatoms. The average molecular weight is 601 g/mol. The van der Waals surface area contributed by atoms with Crippen molar-refractivity contribution < 1.29 is 17.6 Å². The van der Waals surface area contributed by atoms with Crippen LogP contribution in [0.4, 0.5) is 10.1 Å². The first-order chi connectivity index (χ1) is 20.4. The van der Waals surface area contributed by atoms with Crippen LogP contribution in [-0.2, 0) is 33.8 Å². The van der Waals surface area contributed by atoms with Gasteiger partial charge in [0, 0.05) is 37.1 Å². The van der Waals surface area contributed by atoms with E-state index in [0.717, 1.165) is 34.5 Å². The number of carbonyl (C=O) groups is 1. The summed E-state index contributed by atoms with van der Waals surface area (Å²) in [5.41, 5.74) is 4.33. The lowest BCUT2D eigenvalue weighted by atomic mass is 9.71. The second kappa shape index (κ2) is 11.0. The van der Waals surface area contributed by atoms with Crippen molar-refractivity contribution in [2.75, 3.05) is 4.90 Å². The van der Waals surface area contributed by atoms with Gasteiger partial charge < -0.3 is 9.47 Å². The van der Waals surface area contributed by atoms with Crippen molar-refractivity contribution in [2.24, 2.45) is 13.0 Å². The summed E-state index contributed by atoms with van der Waals surface area (Å²) in [6.45, 7) is 6.49. The molecule has 1 aromatic heterocycles. The molecule has 43 heavy (non-hydrogen) atoms.